The van der Waals surface area contributed by atoms with Crippen LogP contribution in [-0.2, 0) is 32.3 Å². The largest absolute Gasteiger partial charge is 0.487 e. The van der Waals surface area contributed by atoms with E-state index in [2.05, 4.69) is 36.3 Å². The van der Waals surface area contributed by atoms with Crippen LogP contribution in [0, 0.1) is 0 Å². The molecule has 1 aromatic heterocycles. The first-order valence-electron chi connectivity index (χ1n) is 12.9. The van der Waals surface area contributed by atoms with E-state index in [9.17, 15) is 9.90 Å². The number of aromatic amines is 1. The van der Waals surface area contributed by atoms with E-state index < -0.39 is 6.10 Å². The Morgan fingerprint density at radius 1 is 0.944 bits per heavy atom. The van der Waals surface area contributed by atoms with E-state index in [1.54, 1.807) is 6.07 Å². The lowest BCUT2D eigenvalue weighted by Crippen LogP contribution is -2.33. The summed E-state index contributed by atoms with van der Waals surface area (Å²) in [5.41, 5.74) is 8.11. The van der Waals surface area contributed by atoms with Crippen LogP contribution in [0.5, 0.6) is 5.75 Å². The molecule has 0 spiro atoms. The van der Waals surface area contributed by atoms with Gasteiger partial charge in [0.1, 0.15) is 12.4 Å². The molecule has 1 aliphatic carbocycles. The van der Waals surface area contributed by atoms with Crippen molar-refractivity contribution >= 4 is 10.9 Å². The van der Waals surface area contributed by atoms with Gasteiger partial charge in [-0.25, -0.2) is 0 Å². The topological polar surface area (TPSA) is 74.3 Å². The molecule has 0 aliphatic heterocycles. The predicted octanol–water partition coefficient (Wildman–Crippen LogP) is 5.02. The van der Waals surface area contributed by atoms with E-state index in [1.165, 1.54) is 28.3 Å². The second-order valence-electron chi connectivity index (χ2n) is 9.62. The first kappa shape index (κ1) is 24.3. The molecular formula is C31H34N2O3. The number of aliphatic hydroxyl groups excluding tert-OH is 1. The summed E-state index contributed by atoms with van der Waals surface area (Å²) >= 11 is 0. The molecule has 1 heterocycles. The van der Waals surface area contributed by atoms with Crippen molar-refractivity contribution in [3.05, 3.63) is 110 Å². The third-order valence-corrected chi connectivity index (χ3v) is 7.37. The van der Waals surface area contributed by atoms with Crippen LogP contribution in [0.2, 0.25) is 0 Å². The molecule has 0 radical (unpaired) electrons. The van der Waals surface area contributed by atoms with Gasteiger partial charge < -0.3 is 20.1 Å². The van der Waals surface area contributed by atoms with Gasteiger partial charge >= 0.3 is 0 Å². The van der Waals surface area contributed by atoms with Crippen molar-refractivity contribution in [1.82, 2.24) is 10.3 Å². The standard InChI is InChI=1S/C31H34N2O3/c1-3-21-10-11-22(4-2)27-17-23(16-26(21)27)32-18-28(34)24-12-14-29(31-25(24)13-15-30(35)33-31)36-19-20-8-6-5-7-9-20/h5-15,23,28,32,34H,3-4,16-19H2,1-2H3,(H,33,35)/t28-/m1/s1. The Kier molecular flexibility index (Phi) is 7.21. The van der Waals surface area contributed by atoms with Crippen LogP contribution < -0.4 is 15.6 Å². The van der Waals surface area contributed by atoms with E-state index in [0.29, 0.717) is 30.5 Å². The van der Waals surface area contributed by atoms with Gasteiger partial charge in [0.05, 0.1) is 11.6 Å². The molecule has 3 aromatic carbocycles. The molecule has 4 aromatic rings. The number of aliphatic hydroxyl groups is 1. The highest BCUT2D eigenvalue weighted by Gasteiger charge is 2.26. The molecule has 5 heteroatoms. The summed E-state index contributed by atoms with van der Waals surface area (Å²) in [5, 5.41) is 15.6. The van der Waals surface area contributed by atoms with Gasteiger partial charge in [-0.15, -0.1) is 0 Å². The fourth-order valence-electron chi connectivity index (χ4n) is 5.45. The summed E-state index contributed by atoms with van der Waals surface area (Å²) in [6.45, 7) is 5.28. The van der Waals surface area contributed by atoms with Gasteiger partial charge in [-0.05, 0) is 71.2 Å². The van der Waals surface area contributed by atoms with E-state index in [0.717, 1.165) is 42.2 Å². The number of nitrogens with one attached hydrogen (secondary N) is 2. The van der Waals surface area contributed by atoms with Crippen LogP contribution in [-0.4, -0.2) is 22.7 Å². The second kappa shape index (κ2) is 10.7. The van der Waals surface area contributed by atoms with Gasteiger partial charge in [0.25, 0.3) is 0 Å². The Balaban J connectivity index is 1.32. The van der Waals surface area contributed by atoms with Crippen molar-refractivity contribution in [1.29, 1.82) is 0 Å². The van der Waals surface area contributed by atoms with Crippen LogP contribution in [0.15, 0.2) is 71.5 Å². The SMILES string of the molecule is CCc1ccc(CC)c2c1CC(NC[C@@H](O)c1ccc(OCc3ccccc3)c3[nH]c(=O)ccc13)C2. The number of hydrogen-bond acceptors (Lipinski definition) is 4. The maximum atomic E-state index is 12.1. The van der Waals surface area contributed by atoms with Crippen molar-refractivity contribution < 1.29 is 9.84 Å². The van der Waals surface area contributed by atoms with E-state index in [4.69, 9.17) is 4.74 Å². The predicted molar refractivity (Wildman–Crippen MR) is 145 cm³/mol. The summed E-state index contributed by atoms with van der Waals surface area (Å²) in [7, 11) is 0. The van der Waals surface area contributed by atoms with Crippen LogP contribution in [0.25, 0.3) is 10.9 Å². The highest BCUT2D eigenvalue weighted by Crippen LogP contribution is 2.32. The van der Waals surface area contributed by atoms with Crippen molar-refractivity contribution in [2.75, 3.05) is 6.54 Å². The third-order valence-electron chi connectivity index (χ3n) is 7.37. The van der Waals surface area contributed by atoms with Gasteiger partial charge in [0, 0.05) is 24.0 Å². The van der Waals surface area contributed by atoms with Gasteiger partial charge in [-0.1, -0.05) is 62.4 Å². The molecule has 36 heavy (non-hydrogen) atoms. The van der Waals surface area contributed by atoms with Gasteiger partial charge in [0.15, 0.2) is 0 Å². The van der Waals surface area contributed by atoms with Gasteiger partial charge in [-0.3, -0.25) is 4.79 Å². The minimum absolute atomic E-state index is 0.195. The molecule has 3 N–H and O–H groups in total. The van der Waals surface area contributed by atoms with E-state index >= 15 is 0 Å². The minimum atomic E-state index is -0.707. The van der Waals surface area contributed by atoms with Crippen molar-refractivity contribution in [2.24, 2.45) is 0 Å². The second-order valence-corrected chi connectivity index (χ2v) is 9.62. The summed E-state index contributed by atoms with van der Waals surface area (Å²) in [4.78, 5) is 15.0. The fraction of sp³-hybridized carbons (Fsp3) is 0.323. The average molecular weight is 483 g/mol. The summed E-state index contributed by atoms with van der Waals surface area (Å²) in [5.74, 6) is 0.598. The number of benzene rings is 3. The number of ether oxygens (including phenoxy) is 1. The minimum Gasteiger partial charge on any atom is -0.487 e. The Bertz CT molecular complexity index is 1380. The molecular weight excluding hydrogens is 448 g/mol. The normalized spacial score (nSPS) is 14.2. The number of rotatable bonds is 9. The zero-order valence-electron chi connectivity index (χ0n) is 21.0. The molecule has 0 bridgehead atoms. The van der Waals surface area contributed by atoms with Crippen molar-refractivity contribution in [2.45, 2.75) is 58.3 Å². The van der Waals surface area contributed by atoms with Crippen molar-refractivity contribution in [3.8, 4) is 5.75 Å². The molecule has 0 saturated heterocycles. The molecule has 186 valence electrons. The van der Waals surface area contributed by atoms with Crippen LogP contribution in [0.4, 0.5) is 0 Å². The van der Waals surface area contributed by atoms with Crippen LogP contribution in [0.1, 0.15) is 53.3 Å². The van der Waals surface area contributed by atoms with Crippen LogP contribution in [0.3, 0.4) is 0 Å². The Hall–Kier alpha value is -3.41. The molecule has 0 amide bonds. The molecule has 1 atom stereocenters. The summed E-state index contributed by atoms with van der Waals surface area (Å²) < 4.78 is 6.05. The molecule has 5 rings (SSSR count). The number of pyridine rings is 1. The lowest BCUT2D eigenvalue weighted by Gasteiger charge is -2.19. The first-order valence-corrected chi connectivity index (χ1v) is 12.9. The fourth-order valence-corrected chi connectivity index (χ4v) is 5.45. The smallest absolute Gasteiger partial charge is 0.248 e. The number of fused-ring (bicyclic) bond motifs is 2. The number of H-pyrrole nitrogens is 1. The zero-order chi connectivity index (χ0) is 25.1. The lowest BCUT2D eigenvalue weighted by molar-refractivity contribution is 0.171. The summed E-state index contributed by atoms with van der Waals surface area (Å²) in [6, 6.07) is 21.8. The Morgan fingerprint density at radius 3 is 2.31 bits per heavy atom. The third kappa shape index (κ3) is 4.95. The highest BCUT2D eigenvalue weighted by atomic mass is 16.5. The molecule has 5 nitrogen and oxygen atoms in total. The maximum absolute atomic E-state index is 12.1. The maximum Gasteiger partial charge on any atom is 0.248 e. The van der Waals surface area contributed by atoms with E-state index in [1.807, 2.05) is 42.5 Å². The Morgan fingerprint density at radius 2 is 1.64 bits per heavy atom. The average Bonchev–Trinajstić information content (AvgIpc) is 3.34. The van der Waals surface area contributed by atoms with Crippen LogP contribution >= 0.6 is 0 Å². The number of aromatic nitrogens is 1. The molecule has 0 saturated carbocycles. The number of hydrogen-bond donors (Lipinski definition) is 3. The monoisotopic (exact) mass is 482 g/mol. The number of aryl methyl sites for hydroxylation is 2. The highest BCUT2D eigenvalue weighted by molar-refractivity contribution is 5.87. The lowest BCUT2D eigenvalue weighted by atomic mass is 9.96. The first-order chi connectivity index (χ1) is 17.6. The van der Waals surface area contributed by atoms with E-state index in [-0.39, 0.29) is 5.56 Å². The molecule has 0 unspecified atom stereocenters. The zero-order valence-corrected chi connectivity index (χ0v) is 21.0. The van der Waals surface area contributed by atoms with Gasteiger partial charge in [0.2, 0.25) is 5.56 Å². The Labute approximate surface area is 212 Å². The molecule has 0 fully saturated rings. The quantitative estimate of drug-likeness (QED) is 0.313. The van der Waals surface area contributed by atoms with Gasteiger partial charge in [-0.2, -0.15) is 0 Å². The molecule has 1 aliphatic rings. The van der Waals surface area contributed by atoms with Crippen molar-refractivity contribution in [3.63, 3.8) is 0 Å². The summed E-state index contributed by atoms with van der Waals surface area (Å²) in [6.07, 6.45) is 3.38.